The maximum Gasteiger partial charge on any atom is 0.270 e. The lowest BCUT2D eigenvalue weighted by Crippen LogP contribution is -2.43. The largest absolute Gasteiger partial charge is 0.397 e. The zero-order chi connectivity index (χ0) is 13.2. The van der Waals surface area contributed by atoms with Gasteiger partial charge >= 0.3 is 0 Å². The van der Waals surface area contributed by atoms with Gasteiger partial charge in [0.2, 0.25) is 0 Å². The molecule has 3 N–H and O–H groups in total. The molecule has 1 aromatic rings. The van der Waals surface area contributed by atoms with Crippen molar-refractivity contribution in [2.45, 2.75) is 18.9 Å². The van der Waals surface area contributed by atoms with Crippen molar-refractivity contribution in [3.8, 4) is 0 Å². The number of rotatable bonds is 2. The average Bonchev–Trinajstić information content (AvgIpc) is 2.28. The van der Waals surface area contributed by atoms with Gasteiger partial charge in [-0.2, -0.15) is 0 Å². The summed E-state index contributed by atoms with van der Waals surface area (Å²) in [6, 6.07) is 2.78. The van der Waals surface area contributed by atoms with E-state index in [0.717, 1.165) is 0 Å². The zero-order valence-corrected chi connectivity index (χ0v) is 10.6. The van der Waals surface area contributed by atoms with Crippen LogP contribution in [0.15, 0.2) is 18.3 Å². The molecular formula is C11H15N3O3S. The molecule has 1 atom stereocenters. The van der Waals surface area contributed by atoms with E-state index in [9.17, 15) is 13.2 Å². The predicted molar refractivity (Wildman–Crippen MR) is 67.8 cm³/mol. The van der Waals surface area contributed by atoms with Crippen LogP contribution in [0.1, 0.15) is 23.3 Å². The second kappa shape index (κ2) is 4.93. The first kappa shape index (κ1) is 12.8. The molecule has 0 aliphatic carbocycles. The van der Waals surface area contributed by atoms with Crippen LogP contribution in [-0.4, -0.2) is 36.9 Å². The van der Waals surface area contributed by atoms with Crippen LogP contribution in [0.5, 0.6) is 0 Å². The molecule has 1 saturated heterocycles. The van der Waals surface area contributed by atoms with Gasteiger partial charge in [0.25, 0.3) is 5.91 Å². The lowest BCUT2D eigenvalue weighted by atomic mass is 10.2. The molecular weight excluding hydrogens is 254 g/mol. The minimum atomic E-state index is -3.02. The Hall–Kier alpha value is -1.63. The predicted octanol–water partition coefficient (Wildman–Crippen LogP) is -0.0292. The molecule has 18 heavy (non-hydrogen) atoms. The van der Waals surface area contributed by atoms with E-state index >= 15 is 0 Å². The van der Waals surface area contributed by atoms with Gasteiger partial charge < -0.3 is 11.1 Å². The summed E-state index contributed by atoms with van der Waals surface area (Å²) in [5.74, 6) is -0.148. The Kier molecular flexibility index (Phi) is 3.51. The smallest absolute Gasteiger partial charge is 0.270 e. The quantitative estimate of drug-likeness (QED) is 0.785. The number of hydrogen-bond acceptors (Lipinski definition) is 5. The molecule has 1 aliphatic heterocycles. The summed E-state index contributed by atoms with van der Waals surface area (Å²) in [4.78, 5) is 15.7. The Labute approximate surface area is 106 Å². The van der Waals surface area contributed by atoms with Gasteiger partial charge in [0.15, 0.2) is 9.84 Å². The van der Waals surface area contributed by atoms with Gasteiger partial charge in [0.05, 0.1) is 23.4 Å². The normalized spacial score (nSPS) is 22.3. The number of nitrogens with one attached hydrogen (secondary N) is 1. The monoisotopic (exact) mass is 269 g/mol. The number of aromatic nitrogens is 1. The van der Waals surface area contributed by atoms with E-state index in [1.807, 2.05) is 0 Å². The molecule has 6 nitrogen and oxygen atoms in total. The number of carbonyl (C=O) groups excluding carboxylic acids is 1. The molecule has 0 saturated carbocycles. The van der Waals surface area contributed by atoms with E-state index in [4.69, 9.17) is 5.73 Å². The summed E-state index contributed by atoms with van der Waals surface area (Å²) in [6.45, 7) is 0. The number of amides is 1. The highest BCUT2D eigenvalue weighted by atomic mass is 32.2. The van der Waals surface area contributed by atoms with Crippen LogP contribution in [0.3, 0.4) is 0 Å². The molecule has 2 heterocycles. The molecule has 0 radical (unpaired) electrons. The number of sulfone groups is 1. The summed E-state index contributed by atoms with van der Waals surface area (Å²) >= 11 is 0. The van der Waals surface area contributed by atoms with Crippen LogP contribution in [0, 0.1) is 0 Å². The third kappa shape index (κ3) is 3.19. The maximum atomic E-state index is 11.8. The van der Waals surface area contributed by atoms with Gasteiger partial charge in [0, 0.05) is 6.04 Å². The summed E-state index contributed by atoms with van der Waals surface area (Å²) in [7, 11) is -3.02. The highest BCUT2D eigenvalue weighted by molar-refractivity contribution is 7.91. The second-order valence-electron chi connectivity index (χ2n) is 4.40. The third-order valence-corrected chi connectivity index (χ3v) is 4.64. The molecule has 1 unspecified atom stereocenters. The zero-order valence-electron chi connectivity index (χ0n) is 9.80. The minimum absolute atomic E-state index is 0.00765. The fourth-order valence-corrected chi connectivity index (χ4v) is 3.57. The molecule has 0 spiro atoms. The molecule has 1 aromatic heterocycles. The van der Waals surface area contributed by atoms with Crippen LogP contribution >= 0.6 is 0 Å². The average molecular weight is 269 g/mol. The Morgan fingerprint density at radius 2 is 2.22 bits per heavy atom. The summed E-state index contributed by atoms with van der Waals surface area (Å²) < 4.78 is 22.9. The number of hydrogen-bond donors (Lipinski definition) is 2. The Balaban J connectivity index is 2.01. The summed E-state index contributed by atoms with van der Waals surface area (Å²) in [5.41, 5.74) is 6.19. The van der Waals surface area contributed by atoms with E-state index in [1.165, 1.54) is 12.3 Å². The van der Waals surface area contributed by atoms with Gasteiger partial charge in [-0.3, -0.25) is 4.79 Å². The highest BCUT2D eigenvalue weighted by Crippen LogP contribution is 2.12. The van der Waals surface area contributed by atoms with Crippen LogP contribution in [-0.2, 0) is 9.84 Å². The fourth-order valence-electron chi connectivity index (χ4n) is 1.94. The first-order valence-electron chi connectivity index (χ1n) is 5.69. The summed E-state index contributed by atoms with van der Waals surface area (Å²) in [6.07, 6.45) is 2.66. The van der Waals surface area contributed by atoms with Crippen molar-refractivity contribution in [1.82, 2.24) is 10.3 Å². The van der Waals surface area contributed by atoms with E-state index in [-0.39, 0.29) is 29.1 Å². The number of nitrogens with two attached hydrogens (primary N) is 1. The van der Waals surface area contributed by atoms with E-state index in [2.05, 4.69) is 10.3 Å². The van der Waals surface area contributed by atoms with Crippen molar-refractivity contribution in [1.29, 1.82) is 0 Å². The van der Waals surface area contributed by atoms with Crippen molar-refractivity contribution in [2.24, 2.45) is 0 Å². The molecule has 1 amide bonds. The van der Waals surface area contributed by atoms with Crippen molar-refractivity contribution in [2.75, 3.05) is 17.2 Å². The second-order valence-corrected chi connectivity index (χ2v) is 6.63. The molecule has 2 rings (SSSR count). The molecule has 0 aromatic carbocycles. The van der Waals surface area contributed by atoms with E-state index in [1.54, 1.807) is 6.07 Å². The van der Waals surface area contributed by atoms with Gasteiger partial charge in [0.1, 0.15) is 5.69 Å². The van der Waals surface area contributed by atoms with Crippen LogP contribution in [0.2, 0.25) is 0 Å². The Morgan fingerprint density at radius 3 is 2.83 bits per heavy atom. The van der Waals surface area contributed by atoms with Gasteiger partial charge in [-0.25, -0.2) is 13.4 Å². The first-order chi connectivity index (χ1) is 8.46. The molecule has 7 heteroatoms. The molecule has 1 aliphatic rings. The summed E-state index contributed by atoms with van der Waals surface area (Å²) in [5, 5.41) is 2.69. The van der Waals surface area contributed by atoms with Crippen LogP contribution in [0.4, 0.5) is 5.69 Å². The lowest BCUT2D eigenvalue weighted by molar-refractivity contribution is 0.0933. The molecule has 1 fully saturated rings. The standard InChI is InChI=1S/C11H15N3O3S/c12-8-3-4-10(13-6-8)11(15)14-9-2-1-5-18(16,17)7-9/h3-4,6,9H,1-2,5,7,12H2,(H,14,15). The number of nitrogen functional groups attached to an aromatic ring is 1. The lowest BCUT2D eigenvalue weighted by Gasteiger charge is -2.22. The Morgan fingerprint density at radius 1 is 1.44 bits per heavy atom. The van der Waals surface area contributed by atoms with Crippen LogP contribution in [0.25, 0.3) is 0 Å². The highest BCUT2D eigenvalue weighted by Gasteiger charge is 2.26. The number of carbonyl (C=O) groups is 1. The van der Waals surface area contributed by atoms with E-state index in [0.29, 0.717) is 18.5 Å². The molecule has 0 bridgehead atoms. The number of nitrogens with zero attached hydrogens (tertiary/aromatic N) is 1. The SMILES string of the molecule is Nc1ccc(C(=O)NC2CCCS(=O)(=O)C2)nc1. The first-order valence-corrected chi connectivity index (χ1v) is 7.51. The Bertz CT molecular complexity index is 539. The van der Waals surface area contributed by atoms with Gasteiger partial charge in [-0.05, 0) is 25.0 Å². The maximum absolute atomic E-state index is 11.8. The van der Waals surface area contributed by atoms with Crippen molar-refractivity contribution in [3.63, 3.8) is 0 Å². The van der Waals surface area contributed by atoms with Crippen LogP contribution < -0.4 is 11.1 Å². The minimum Gasteiger partial charge on any atom is -0.397 e. The van der Waals surface area contributed by atoms with Crippen molar-refractivity contribution >= 4 is 21.4 Å². The van der Waals surface area contributed by atoms with Gasteiger partial charge in [-0.15, -0.1) is 0 Å². The molecule has 98 valence electrons. The topological polar surface area (TPSA) is 102 Å². The number of pyridine rings is 1. The number of anilines is 1. The third-order valence-electron chi connectivity index (χ3n) is 2.82. The van der Waals surface area contributed by atoms with Crippen molar-refractivity contribution in [3.05, 3.63) is 24.0 Å². The van der Waals surface area contributed by atoms with Gasteiger partial charge in [-0.1, -0.05) is 0 Å². The van der Waals surface area contributed by atoms with Crippen molar-refractivity contribution < 1.29 is 13.2 Å². The fraction of sp³-hybridized carbons (Fsp3) is 0.455. The van der Waals surface area contributed by atoms with E-state index < -0.39 is 9.84 Å².